The van der Waals surface area contributed by atoms with Crippen LogP contribution in [-0.4, -0.2) is 38.4 Å². The van der Waals surface area contributed by atoms with E-state index in [4.69, 9.17) is 5.90 Å². The number of carbonyl (C=O) groups is 1. The van der Waals surface area contributed by atoms with E-state index in [-0.39, 0.29) is 23.9 Å². The highest BCUT2D eigenvalue weighted by atomic mass is 16.6. The predicted octanol–water partition coefficient (Wildman–Crippen LogP) is -0.875. The molecule has 0 aromatic carbocycles. The monoisotopic (exact) mass is 280 g/mol. The average Bonchev–Trinajstić information content (AvgIpc) is 2.79. The molecule has 2 rings (SSSR count). The summed E-state index contributed by atoms with van der Waals surface area (Å²) in [7, 11) is 0. The molecular weight excluding hydrogens is 264 g/mol. The number of aryl methyl sites for hydroxylation is 1. The van der Waals surface area contributed by atoms with E-state index in [2.05, 4.69) is 25.5 Å². The lowest BCUT2D eigenvalue weighted by atomic mass is 10.2. The standard InChI is InChI=1S/C11H16N6O3/c1-3-7(5-20-12)14-11(19)9-8(18)4-13-17-6(2)15-16-10(9)17/h4,7,16H,3,5,12H2,1-2H3,(H,14,19). The number of carbonyl (C=O) groups excluding carboxylic acids is 1. The lowest BCUT2D eigenvalue weighted by molar-refractivity contribution is 0.0835. The van der Waals surface area contributed by atoms with E-state index in [1.807, 2.05) is 6.92 Å². The number of aromatic nitrogens is 4. The number of rotatable bonds is 5. The van der Waals surface area contributed by atoms with Gasteiger partial charge in [-0.3, -0.25) is 14.7 Å². The molecule has 0 spiro atoms. The van der Waals surface area contributed by atoms with E-state index >= 15 is 0 Å². The van der Waals surface area contributed by atoms with Crippen LogP contribution in [0.25, 0.3) is 5.65 Å². The Labute approximate surface area is 114 Å². The Bertz CT molecular complexity index is 676. The van der Waals surface area contributed by atoms with Gasteiger partial charge in [0.15, 0.2) is 5.65 Å². The predicted molar refractivity (Wildman–Crippen MR) is 70.0 cm³/mol. The van der Waals surface area contributed by atoms with Crippen LogP contribution in [0.1, 0.15) is 29.5 Å². The summed E-state index contributed by atoms with van der Waals surface area (Å²) in [4.78, 5) is 28.6. The first-order valence-electron chi connectivity index (χ1n) is 6.14. The van der Waals surface area contributed by atoms with E-state index in [0.717, 1.165) is 6.20 Å². The molecule has 0 aliphatic rings. The smallest absolute Gasteiger partial charge is 0.259 e. The molecule has 0 aliphatic heterocycles. The number of hydrogen-bond acceptors (Lipinski definition) is 6. The maximum atomic E-state index is 12.2. The van der Waals surface area contributed by atoms with E-state index in [1.54, 1.807) is 6.92 Å². The number of H-pyrrole nitrogens is 1. The van der Waals surface area contributed by atoms with Crippen molar-refractivity contribution < 1.29 is 9.63 Å². The number of nitrogens with two attached hydrogens (primary N) is 1. The van der Waals surface area contributed by atoms with Crippen LogP contribution >= 0.6 is 0 Å². The zero-order chi connectivity index (χ0) is 14.7. The van der Waals surface area contributed by atoms with Crippen LogP contribution in [0.4, 0.5) is 0 Å². The van der Waals surface area contributed by atoms with E-state index in [9.17, 15) is 9.59 Å². The van der Waals surface area contributed by atoms with Crippen LogP contribution < -0.4 is 16.6 Å². The van der Waals surface area contributed by atoms with Crippen molar-refractivity contribution in [2.24, 2.45) is 5.90 Å². The van der Waals surface area contributed by atoms with Gasteiger partial charge in [0, 0.05) is 0 Å². The molecule has 1 amide bonds. The van der Waals surface area contributed by atoms with Gasteiger partial charge in [-0.15, -0.1) is 0 Å². The average molecular weight is 280 g/mol. The third kappa shape index (κ3) is 2.53. The third-order valence-corrected chi connectivity index (χ3v) is 2.97. The Morgan fingerprint density at radius 3 is 3.05 bits per heavy atom. The molecule has 4 N–H and O–H groups in total. The van der Waals surface area contributed by atoms with Gasteiger partial charge in [-0.05, 0) is 13.3 Å². The highest BCUT2D eigenvalue weighted by Crippen LogP contribution is 2.04. The molecule has 0 radical (unpaired) electrons. The van der Waals surface area contributed by atoms with Gasteiger partial charge in [0.05, 0.1) is 18.8 Å². The summed E-state index contributed by atoms with van der Waals surface area (Å²) < 4.78 is 1.40. The van der Waals surface area contributed by atoms with Gasteiger partial charge in [-0.1, -0.05) is 6.92 Å². The molecule has 2 aromatic heterocycles. The van der Waals surface area contributed by atoms with E-state index in [1.165, 1.54) is 4.52 Å². The van der Waals surface area contributed by atoms with Crippen molar-refractivity contribution in [3.05, 3.63) is 27.8 Å². The molecule has 0 bridgehead atoms. The second kappa shape index (κ2) is 5.80. The van der Waals surface area contributed by atoms with Crippen LogP contribution in [0.5, 0.6) is 0 Å². The number of fused-ring (bicyclic) bond motifs is 1. The minimum Gasteiger partial charge on any atom is -0.347 e. The summed E-state index contributed by atoms with van der Waals surface area (Å²) in [5.74, 6) is 5.04. The molecular formula is C11H16N6O3. The summed E-state index contributed by atoms with van der Waals surface area (Å²) in [6, 6.07) is -0.274. The molecule has 1 atom stereocenters. The van der Waals surface area contributed by atoms with Crippen LogP contribution in [-0.2, 0) is 4.84 Å². The van der Waals surface area contributed by atoms with Crippen LogP contribution in [0.2, 0.25) is 0 Å². The minimum absolute atomic E-state index is 0.0314. The molecule has 0 saturated carbocycles. The molecule has 9 nitrogen and oxygen atoms in total. The number of hydrogen-bond donors (Lipinski definition) is 3. The van der Waals surface area contributed by atoms with E-state index in [0.29, 0.717) is 12.2 Å². The fourth-order valence-electron chi connectivity index (χ4n) is 1.84. The van der Waals surface area contributed by atoms with Gasteiger partial charge in [0.1, 0.15) is 11.4 Å². The number of nitrogens with zero attached hydrogens (tertiary/aromatic N) is 3. The lowest BCUT2D eigenvalue weighted by Gasteiger charge is -2.15. The largest absolute Gasteiger partial charge is 0.347 e. The summed E-state index contributed by atoms with van der Waals surface area (Å²) in [6.07, 6.45) is 1.71. The van der Waals surface area contributed by atoms with Gasteiger partial charge in [0.25, 0.3) is 5.91 Å². The number of aromatic amines is 1. The Morgan fingerprint density at radius 2 is 2.40 bits per heavy atom. The van der Waals surface area contributed by atoms with Crippen molar-refractivity contribution in [3.8, 4) is 0 Å². The second-order valence-corrected chi connectivity index (χ2v) is 4.33. The summed E-state index contributed by atoms with van der Waals surface area (Å²) in [5.41, 5.74) is -0.248. The Morgan fingerprint density at radius 1 is 1.65 bits per heavy atom. The molecule has 9 heteroatoms. The fourth-order valence-corrected chi connectivity index (χ4v) is 1.84. The first-order valence-corrected chi connectivity index (χ1v) is 6.14. The molecule has 20 heavy (non-hydrogen) atoms. The minimum atomic E-state index is -0.512. The van der Waals surface area contributed by atoms with Crippen molar-refractivity contribution in [1.29, 1.82) is 0 Å². The normalized spacial score (nSPS) is 12.6. The van der Waals surface area contributed by atoms with Crippen molar-refractivity contribution >= 4 is 11.6 Å². The van der Waals surface area contributed by atoms with Crippen LogP contribution in [0.3, 0.4) is 0 Å². The summed E-state index contributed by atoms with van der Waals surface area (Å²) >= 11 is 0. The molecule has 108 valence electrons. The van der Waals surface area contributed by atoms with Crippen molar-refractivity contribution in [1.82, 2.24) is 25.1 Å². The first-order chi connectivity index (χ1) is 9.58. The Balaban J connectivity index is 2.39. The molecule has 0 fully saturated rings. The molecule has 0 saturated heterocycles. The molecule has 0 aliphatic carbocycles. The first kappa shape index (κ1) is 14.2. The number of amides is 1. The van der Waals surface area contributed by atoms with Crippen LogP contribution in [0.15, 0.2) is 11.0 Å². The zero-order valence-corrected chi connectivity index (χ0v) is 11.2. The Kier molecular flexibility index (Phi) is 4.11. The van der Waals surface area contributed by atoms with Gasteiger partial charge in [-0.25, -0.2) is 5.90 Å². The van der Waals surface area contributed by atoms with Gasteiger partial charge in [-0.2, -0.15) is 14.7 Å². The maximum absolute atomic E-state index is 12.2. The molecule has 2 heterocycles. The Hall–Kier alpha value is -2.26. The third-order valence-electron chi connectivity index (χ3n) is 2.97. The zero-order valence-electron chi connectivity index (χ0n) is 11.2. The fraction of sp³-hybridized carbons (Fsp3) is 0.455. The topological polar surface area (TPSA) is 127 Å². The molecule has 1 unspecified atom stereocenters. The van der Waals surface area contributed by atoms with Crippen molar-refractivity contribution in [2.45, 2.75) is 26.3 Å². The van der Waals surface area contributed by atoms with E-state index < -0.39 is 11.3 Å². The highest BCUT2D eigenvalue weighted by Gasteiger charge is 2.20. The summed E-state index contributed by atoms with van der Waals surface area (Å²) in [6.45, 7) is 3.75. The van der Waals surface area contributed by atoms with Gasteiger partial charge >= 0.3 is 0 Å². The van der Waals surface area contributed by atoms with Gasteiger partial charge < -0.3 is 10.2 Å². The SMILES string of the molecule is CCC(CON)NC(=O)c1c(=O)cnn2c(C)n[nH]c12. The lowest BCUT2D eigenvalue weighted by Crippen LogP contribution is -2.40. The highest BCUT2D eigenvalue weighted by molar-refractivity contribution is 5.99. The number of nitrogens with one attached hydrogen (secondary N) is 2. The van der Waals surface area contributed by atoms with Crippen molar-refractivity contribution in [3.63, 3.8) is 0 Å². The van der Waals surface area contributed by atoms with Crippen LogP contribution in [0, 0.1) is 6.92 Å². The second-order valence-electron chi connectivity index (χ2n) is 4.33. The summed E-state index contributed by atoms with van der Waals surface area (Å²) in [5, 5.41) is 13.2. The van der Waals surface area contributed by atoms with Gasteiger partial charge in [0.2, 0.25) is 5.43 Å². The van der Waals surface area contributed by atoms with Crippen molar-refractivity contribution in [2.75, 3.05) is 6.61 Å². The maximum Gasteiger partial charge on any atom is 0.259 e. The molecule has 2 aromatic rings. The quantitative estimate of drug-likeness (QED) is 0.610.